The monoisotopic (exact) mass is 326 g/mol. The van der Waals surface area contributed by atoms with Crippen LogP contribution in [0.15, 0.2) is 0 Å². The molecule has 0 saturated carbocycles. The zero-order valence-corrected chi connectivity index (χ0v) is 11.2. The average molecular weight is 326 g/mol. The first-order valence-electron chi connectivity index (χ1n) is 4.53. The Bertz CT molecular complexity index is 423. The highest BCUT2D eigenvalue weighted by Crippen LogP contribution is 2.13. The van der Waals surface area contributed by atoms with E-state index in [-0.39, 0.29) is 0 Å². The van der Waals surface area contributed by atoms with Gasteiger partial charge in [-0.05, 0) is 0 Å². The molecule has 0 aromatic carbocycles. The van der Waals surface area contributed by atoms with Gasteiger partial charge in [-0.2, -0.15) is 16.8 Å². The smallest absolute Gasteiger partial charge is 0.297 e. The lowest BCUT2D eigenvalue weighted by Crippen LogP contribution is -2.46. The minimum atomic E-state index is -5.01. The first kappa shape index (κ1) is 18.6. The molecule has 0 aromatic rings. The van der Waals surface area contributed by atoms with E-state index < -0.39 is 50.1 Å². The second kappa shape index (κ2) is 6.87. The Hall–Kier alpha value is -0.380. The number of hydrogen-bond donors (Lipinski definition) is 5. The predicted molar refractivity (Wildman–Crippen MR) is 57.9 cm³/mol. The predicted octanol–water partition coefficient (Wildman–Crippen LogP) is -3.25. The summed E-state index contributed by atoms with van der Waals surface area (Å²) in [6.07, 6.45) is -4.13. The fraction of sp³-hybridized carbons (Fsp3) is 1.00. The Morgan fingerprint density at radius 2 is 1.42 bits per heavy atom. The normalized spacial score (nSPS) is 19.7. The van der Waals surface area contributed by atoms with E-state index >= 15 is 0 Å². The highest BCUT2D eigenvalue weighted by atomic mass is 32.2. The van der Waals surface area contributed by atoms with Crippen LogP contribution in [0.25, 0.3) is 0 Å². The standard InChI is InChI=1S/C6H14O11S2/c1-16-6(5(9)19(13,14)15)17-3(2-7)4(8)18(10,11)12/h3-9H,2H2,1H3,(H,10,11,12)(H,13,14,15)/t3-,4-,5-,6+/m0/s1. The summed E-state index contributed by atoms with van der Waals surface area (Å²) in [6.45, 7) is -1.15. The van der Waals surface area contributed by atoms with Gasteiger partial charge in [-0.3, -0.25) is 9.11 Å². The molecule has 0 unspecified atom stereocenters. The van der Waals surface area contributed by atoms with Crippen molar-refractivity contribution in [2.45, 2.75) is 23.3 Å². The first-order valence-corrected chi connectivity index (χ1v) is 7.53. The third-order valence-electron chi connectivity index (χ3n) is 1.88. The van der Waals surface area contributed by atoms with Crippen LogP contribution in [0.5, 0.6) is 0 Å². The quantitative estimate of drug-likeness (QED) is 0.222. The van der Waals surface area contributed by atoms with Gasteiger partial charge in [-0.1, -0.05) is 0 Å². The van der Waals surface area contributed by atoms with Crippen molar-refractivity contribution in [1.82, 2.24) is 0 Å². The van der Waals surface area contributed by atoms with Gasteiger partial charge in [0.15, 0.2) is 0 Å². The van der Waals surface area contributed by atoms with Crippen LogP contribution in [0.4, 0.5) is 0 Å². The highest BCUT2D eigenvalue weighted by Gasteiger charge is 2.38. The lowest BCUT2D eigenvalue weighted by Gasteiger charge is -2.26. The molecule has 13 heteroatoms. The van der Waals surface area contributed by atoms with Gasteiger partial charge in [0.25, 0.3) is 20.2 Å². The molecule has 19 heavy (non-hydrogen) atoms. The van der Waals surface area contributed by atoms with Gasteiger partial charge in [0, 0.05) is 7.11 Å². The van der Waals surface area contributed by atoms with E-state index in [2.05, 4.69) is 9.47 Å². The summed E-state index contributed by atoms with van der Waals surface area (Å²) in [5, 5.41) is 27.0. The summed E-state index contributed by atoms with van der Waals surface area (Å²) in [7, 11) is -9.17. The van der Waals surface area contributed by atoms with Gasteiger partial charge in [0.05, 0.1) is 6.61 Å². The lowest BCUT2D eigenvalue weighted by atomic mass is 10.4. The number of methoxy groups -OCH3 is 1. The number of aliphatic hydroxyl groups excluding tert-OH is 3. The van der Waals surface area contributed by atoms with Gasteiger partial charge in [0.1, 0.15) is 6.10 Å². The van der Waals surface area contributed by atoms with Crippen LogP contribution < -0.4 is 0 Å². The molecule has 0 aliphatic rings. The average Bonchev–Trinajstić information content (AvgIpc) is 2.26. The summed E-state index contributed by atoms with van der Waals surface area (Å²) >= 11 is 0. The molecule has 0 aromatic heterocycles. The van der Waals surface area contributed by atoms with Crippen LogP contribution in [0.3, 0.4) is 0 Å². The van der Waals surface area contributed by atoms with E-state index in [1.165, 1.54) is 0 Å². The summed E-state index contributed by atoms with van der Waals surface area (Å²) in [5.41, 5.74) is -5.22. The second-order valence-corrected chi connectivity index (χ2v) is 6.30. The largest absolute Gasteiger partial charge is 0.394 e. The Balaban J connectivity index is 5.05. The molecule has 4 atom stereocenters. The van der Waals surface area contributed by atoms with E-state index in [1.54, 1.807) is 0 Å². The third kappa shape index (κ3) is 5.64. The van der Waals surface area contributed by atoms with Crippen molar-refractivity contribution >= 4 is 20.2 Å². The first-order chi connectivity index (χ1) is 8.45. The van der Waals surface area contributed by atoms with Crippen molar-refractivity contribution in [1.29, 1.82) is 0 Å². The minimum absolute atomic E-state index is 0.841. The molecule has 0 aliphatic heterocycles. The topological polar surface area (TPSA) is 188 Å². The van der Waals surface area contributed by atoms with Crippen molar-refractivity contribution < 1.29 is 50.7 Å². The van der Waals surface area contributed by atoms with E-state index in [4.69, 9.17) is 24.4 Å². The molecule has 0 bridgehead atoms. The molecule has 0 fully saturated rings. The SMILES string of the molecule is CO[C@H](O[C@@H](CO)[C@@H](O)S(=O)(=O)O)[C@@H](O)S(=O)(=O)O. The molecule has 11 nitrogen and oxygen atoms in total. The molecule has 0 rings (SSSR count). The molecular formula is C6H14O11S2. The van der Waals surface area contributed by atoms with Crippen molar-refractivity contribution in [3.05, 3.63) is 0 Å². The van der Waals surface area contributed by atoms with Crippen molar-refractivity contribution in [2.24, 2.45) is 0 Å². The zero-order valence-electron chi connectivity index (χ0n) is 9.52. The van der Waals surface area contributed by atoms with Crippen LogP contribution in [0, 0.1) is 0 Å². The zero-order chi connectivity index (χ0) is 15.4. The molecule has 0 saturated heterocycles. The summed E-state index contributed by atoms with van der Waals surface area (Å²) < 4.78 is 68.3. The van der Waals surface area contributed by atoms with Gasteiger partial charge >= 0.3 is 0 Å². The molecular weight excluding hydrogens is 312 g/mol. The van der Waals surface area contributed by atoms with Crippen LogP contribution in [0.1, 0.15) is 0 Å². The van der Waals surface area contributed by atoms with Gasteiger partial charge in [0.2, 0.25) is 17.2 Å². The van der Waals surface area contributed by atoms with E-state index in [0.29, 0.717) is 0 Å². The van der Waals surface area contributed by atoms with Crippen LogP contribution in [0.2, 0.25) is 0 Å². The van der Waals surface area contributed by atoms with Crippen LogP contribution in [-0.2, 0) is 29.7 Å². The molecule has 5 N–H and O–H groups in total. The number of ether oxygens (including phenoxy) is 2. The summed E-state index contributed by atoms with van der Waals surface area (Å²) in [6, 6.07) is 0. The van der Waals surface area contributed by atoms with Crippen molar-refractivity contribution in [3.63, 3.8) is 0 Å². The molecule has 0 aliphatic carbocycles. The van der Waals surface area contributed by atoms with Gasteiger partial charge in [-0.25, -0.2) is 0 Å². The number of rotatable bonds is 8. The minimum Gasteiger partial charge on any atom is -0.394 e. The van der Waals surface area contributed by atoms with E-state index in [9.17, 15) is 16.8 Å². The Kier molecular flexibility index (Phi) is 6.73. The Morgan fingerprint density at radius 1 is 1.00 bits per heavy atom. The third-order valence-corrected chi connectivity index (χ3v) is 3.63. The van der Waals surface area contributed by atoms with Crippen LogP contribution >= 0.6 is 0 Å². The molecule has 0 radical (unpaired) electrons. The van der Waals surface area contributed by atoms with E-state index in [1.807, 2.05) is 0 Å². The van der Waals surface area contributed by atoms with E-state index in [0.717, 1.165) is 7.11 Å². The summed E-state index contributed by atoms with van der Waals surface area (Å²) in [4.78, 5) is 0. The number of hydrogen-bond acceptors (Lipinski definition) is 9. The molecule has 0 spiro atoms. The Morgan fingerprint density at radius 3 is 1.68 bits per heavy atom. The maximum atomic E-state index is 10.6. The fourth-order valence-corrected chi connectivity index (χ4v) is 1.93. The maximum absolute atomic E-state index is 10.6. The fourth-order valence-electron chi connectivity index (χ4n) is 0.944. The molecule has 0 amide bonds. The number of aliphatic hydroxyl groups is 3. The van der Waals surface area contributed by atoms with Crippen molar-refractivity contribution in [3.8, 4) is 0 Å². The highest BCUT2D eigenvalue weighted by molar-refractivity contribution is 7.86. The maximum Gasteiger partial charge on any atom is 0.297 e. The molecule has 116 valence electrons. The second-order valence-electron chi connectivity index (χ2n) is 3.27. The van der Waals surface area contributed by atoms with Gasteiger partial charge in [-0.15, -0.1) is 0 Å². The Labute approximate surface area is 108 Å². The van der Waals surface area contributed by atoms with Crippen molar-refractivity contribution in [2.75, 3.05) is 13.7 Å². The lowest BCUT2D eigenvalue weighted by molar-refractivity contribution is -0.204. The van der Waals surface area contributed by atoms with Crippen LogP contribution in [-0.4, -0.2) is 78.2 Å². The molecule has 0 heterocycles. The summed E-state index contributed by atoms with van der Waals surface area (Å²) in [5.74, 6) is 0. The van der Waals surface area contributed by atoms with Gasteiger partial charge < -0.3 is 24.8 Å².